The number of hydrogen-bond acceptors (Lipinski definition) is 7. The lowest BCUT2D eigenvalue weighted by Crippen LogP contribution is -2.45. The van der Waals surface area contributed by atoms with Gasteiger partial charge in [-0.3, -0.25) is 19.2 Å². The first kappa shape index (κ1) is 23.5. The molecule has 1 saturated heterocycles. The predicted molar refractivity (Wildman–Crippen MR) is 139 cm³/mol. The van der Waals surface area contributed by atoms with Crippen LogP contribution in [0.15, 0.2) is 47.7 Å². The molecule has 0 aliphatic carbocycles. The van der Waals surface area contributed by atoms with Crippen molar-refractivity contribution < 1.29 is 0 Å². The number of piperazine rings is 1. The first-order chi connectivity index (χ1) is 16.9. The Labute approximate surface area is 209 Å². The summed E-state index contributed by atoms with van der Waals surface area (Å²) in [5.41, 5.74) is 4.19. The van der Waals surface area contributed by atoms with Gasteiger partial charge in [0.25, 0.3) is 5.56 Å². The van der Waals surface area contributed by atoms with Gasteiger partial charge in [-0.25, -0.2) is 15.0 Å². The van der Waals surface area contributed by atoms with Crippen molar-refractivity contribution >= 4 is 22.6 Å². The van der Waals surface area contributed by atoms with Crippen LogP contribution in [0.1, 0.15) is 11.5 Å². The summed E-state index contributed by atoms with van der Waals surface area (Å²) < 4.78 is 1.77. The van der Waals surface area contributed by atoms with Gasteiger partial charge in [0.05, 0.1) is 17.6 Å². The summed E-state index contributed by atoms with van der Waals surface area (Å²) >= 11 is 6.73. The first-order valence-corrected chi connectivity index (χ1v) is 12.1. The van der Waals surface area contributed by atoms with E-state index in [1.807, 2.05) is 38.1 Å². The number of rotatable bonds is 5. The fourth-order valence-electron chi connectivity index (χ4n) is 4.45. The summed E-state index contributed by atoms with van der Waals surface area (Å²) in [6, 6.07) is 7.49. The van der Waals surface area contributed by atoms with Crippen molar-refractivity contribution in [3.05, 3.63) is 69.8 Å². The summed E-state index contributed by atoms with van der Waals surface area (Å²) in [5.74, 6) is 0.639. The van der Waals surface area contributed by atoms with E-state index >= 15 is 0 Å². The third-order valence-electron chi connectivity index (χ3n) is 6.49. The minimum atomic E-state index is -0.102. The Morgan fingerprint density at radius 3 is 2.49 bits per heavy atom. The number of likely N-dealkylation sites (N-methyl/N-ethyl adjacent to an activating group) is 1. The number of benzene rings is 1. The van der Waals surface area contributed by atoms with E-state index < -0.39 is 0 Å². The first-order valence-electron chi connectivity index (χ1n) is 11.8. The Morgan fingerprint density at radius 1 is 0.943 bits per heavy atom. The van der Waals surface area contributed by atoms with Crippen LogP contribution in [0, 0.1) is 13.8 Å². The molecule has 0 saturated carbocycles. The molecule has 180 valence electrons. The van der Waals surface area contributed by atoms with Crippen LogP contribution in [0.5, 0.6) is 0 Å². The summed E-state index contributed by atoms with van der Waals surface area (Å²) in [5, 5.41) is 1.30. The highest BCUT2D eigenvalue weighted by molar-refractivity contribution is 6.33. The third kappa shape index (κ3) is 4.96. The van der Waals surface area contributed by atoms with E-state index in [9.17, 15) is 4.79 Å². The Morgan fingerprint density at radius 2 is 1.74 bits per heavy atom. The number of aromatic nitrogens is 5. The van der Waals surface area contributed by atoms with E-state index in [-0.39, 0.29) is 5.56 Å². The molecule has 9 heteroatoms. The van der Waals surface area contributed by atoms with E-state index in [2.05, 4.69) is 36.8 Å². The monoisotopic (exact) mass is 489 g/mol. The zero-order valence-corrected chi connectivity index (χ0v) is 21.0. The second-order valence-electron chi connectivity index (χ2n) is 9.10. The highest BCUT2D eigenvalue weighted by atomic mass is 35.5. The van der Waals surface area contributed by atoms with Gasteiger partial charge in [0.2, 0.25) is 0 Å². The molecule has 0 unspecified atom stereocenters. The lowest BCUT2D eigenvalue weighted by molar-refractivity contribution is 0.150. The van der Waals surface area contributed by atoms with Crippen LogP contribution in [-0.2, 0) is 6.54 Å². The molecule has 0 bridgehead atoms. The summed E-state index contributed by atoms with van der Waals surface area (Å²) in [7, 11) is 2.14. The quantitative estimate of drug-likeness (QED) is 0.425. The molecular weight excluding hydrogens is 462 g/mol. The smallest absolute Gasteiger partial charge is 0.260 e. The van der Waals surface area contributed by atoms with E-state index in [4.69, 9.17) is 11.6 Å². The summed E-state index contributed by atoms with van der Waals surface area (Å²) in [4.78, 5) is 36.2. The van der Waals surface area contributed by atoms with Crippen LogP contribution >= 0.6 is 11.6 Å². The van der Waals surface area contributed by atoms with Crippen molar-refractivity contribution in [2.24, 2.45) is 0 Å². The normalized spacial score (nSPS) is 15.1. The van der Waals surface area contributed by atoms with Gasteiger partial charge in [0.1, 0.15) is 11.5 Å². The van der Waals surface area contributed by atoms with E-state index in [0.717, 1.165) is 55.1 Å². The van der Waals surface area contributed by atoms with Crippen LogP contribution in [0.25, 0.3) is 33.4 Å². The van der Waals surface area contributed by atoms with Crippen LogP contribution < -0.4 is 5.56 Å². The van der Waals surface area contributed by atoms with Crippen molar-refractivity contribution in [2.45, 2.75) is 20.4 Å². The second kappa shape index (κ2) is 9.81. The average Bonchev–Trinajstić information content (AvgIpc) is 2.84. The Hall–Kier alpha value is -3.20. The third-order valence-corrected chi connectivity index (χ3v) is 6.81. The molecule has 0 radical (unpaired) electrons. The molecule has 0 atom stereocenters. The Balaban J connectivity index is 1.55. The molecule has 0 N–H and O–H groups in total. The lowest BCUT2D eigenvalue weighted by atomic mass is 10.0. The van der Waals surface area contributed by atoms with Gasteiger partial charge in [0, 0.05) is 78.8 Å². The molecule has 1 aromatic carbocycles. The number of aryl methyl sites for hydroxylation is 2. The number of fused-ring (bicyclic) bond motifs is 1. The van der Waals surface area contributed by atoms with Gasteiger partial charge in [-0.2, -0.15) is 0 Å². The molecule has 4 heterocycles. The topological polar surface area (TPSA) is 80.0 Å². The van der Waals surface area contributed by atoms with Crippen LogP contribution in [0.2, 0.25) is 5.02 Å². The van der Waals surface area contributed by atoms with Gasteiger partial charge in [-0.15, -0.1) is 0 Å². The van der Waals surface area contributed by atoms with Crippen molar-refractivity contribution in [2.75, 3.05) is 39.8 Å². The highest BCUT2D eigenvalue weighted by Gasteiger charge is 2.18. The molecule has 1 aliphatic rings. The molecule has 0 amide bonds. The average molecular weight is 490 g/mol. The minimum Gasteiger partial charge on any atom is -0.304 e. The predicted octanol–water partition coefficient (Wildman–Crippen LogP) is 3.43. The van der Waals surface area contributed by atoms with E-state index in [1.54, 1.807) is 23.2 Å². The fraction of sp³-hybridized carbons (Fsp3) is 0.346. The lowest BCUT2D eigenvalue weighted by Gasteiger charge is -2.32. The molecule has 8 nitrogen and oxygen atoms in total. The molecule has 35 heavy (non-hydrogen) atoms. The largest absolute Gasteiger partial charge is 0.304 e. The number of pyridine rings is 1. The van der Waals surface area contributed by atoms with Gasteiger partial charge in [-0.1, -0.05) is 23.7 Å². The van der Waals surface area contributed by atoms with Crippen molar-refractivity contribution in [3.63, 3.8) is 0 Å². The molecule has 1 aliphatic heterocycles. The Kier molecular flexibility index (Phi) is 6.60. The number of nitrogens with zero attached hydrogens (tertiary/aromatic N) is 7. The molecule has 3 aromatic heterocycles. The minimum absolute atomic E-state index is 0.102. The van der Waals surface area contributed by atoms with Crippen LogP contribution in [0.4, 0.5) is 0 Å². The maximum atomic E-state index is 13.8. The summed E-state index contributed by atoms with van der Waals surface area (Å²) in [6.45, 7) is 9.13. The standard InChI is InChI=1S/C26H28ClN7O/c1-17-14-28-16-24(30-17)19-4-5-21(23(27)13-19)22-12-20-15-29-18(2)31-25(20)34(26(22)35)11-10-33-8-6-32(3)7-9-33/h4-5,12-16H,6-11H2,1-3H3. The Bertz CT molecular complexity index is 1440. The molecular formula is C26H28ClN7O. The van der Waals surface area contributed by atoms with Gasteiger partial charge >= 0.3 is 0 Å². The maximum absolute atomic E-state index is 13.8. The van der Waals surface area contributed by atoms with Gasteiger partial charge in [0.15, 0.2) is 0 Å². The molecule has 5 rings (SSSR count). The molecule has 0 spiro atoms. The second-order valence-corrected chi connectivity index (χ2v) is 9.50. The SMILES string of the molecule is Cc1cncc(-c2ccc(-c3cc4cnc(C)nc4n(CCN4CCN(C)CC4)c3=O)c(Cl)c2)n1. The van der Waals surface area contributed by atoms with Crippen molar-refractivity contribution in [1.82, 2.24) is 34.3 Å². The van der Waals surface area contributed by atoms with E-state index in [1.165, 1.54) is 0 Å². The van der Waals surface area contributed by atoms with E-state index in [0.29, 0.717) is 34.2 Å². The number of hydrogen-bond donors (Lipinski definition) is 0. The highest BCUT2D eigenvalue weighted by Crippen LogP contribution is 2.31. The fourth-order valence-corrected chi connectivity index (χ4v) is 4.74. The molecule has 1 fully saturated rings. The zero-order valence-electron chi connectivity index (χ0n) is 20.2. The van der Waals surface area contributed by atoms with Gasteiger partial charge < -0.3 is 4.90 Å². The van der Waals surface area contributed by atoms with Crippen molar-refractivity contribution in [3.8, 4) is 22.4 Å². The zero-order chi connectivity index (χ0) is 24.5. The van der Waals surface area contributed by atoms with Crippen LogP contribution in [-0.4, -0.2) is 74.1 Å². The maximum Gasteiger partial charge on any atom is 0.260 e. The van der Waals surface area contributed by atoms with Crippen LogP contribution in [0.3, 0.4) is 0 Å². The van der Waals surface area contributed by atoms with Crippen molar-refractivity contribution in [1.29, 1.82) is 0 Å². The molecule has 4 aromatic rings. The summed E-state index contributed by atoms with van der Waals surface area (Å²) in [6.07, 6.45) is 5.19. The number of halogens is 1. The van der Waals surface area contributed by atoms with Gasteiger partial charge in [-0.05, 0) is 33.0 Å².